The molecular weight excluding hydrogens is 488 g/mol. The number of nitrogens with one attached hydrogen (secondary N) is 1. The van der Waals surface area contributed by atoms with Crippen molar-refractivity contribution in [1.29, 1.82) is 0 Å². The molecule has 0 saturated carbocycles. The second-order valence-electron chi connectivity index (χ2n) is 10.2. The summed E-state index contributed by atoms with van der Waals surface area (Å²) < 4.78 is 68.5. The molecule has 1 spiro atoms. The molecule has 2 unspecified atom stereocenters. The van der Waals surface area contributed by atoms with E-state index in [1.165, 1.54) is 30.2 Å². The second kappa shape index (κ2) is 10.3. The lowest BCUT2D eigenvalue weighted by molar-refractivity contribution is -0.271. The highest BCUT2D eigenvalue weighted by Crippen LogP contribution is 2.52. The van der Waals surface area contributed by atoms with Crippen LogP contribution < -0.4 is 10.1 Å². The number of likely N-dealkylation sites (tertiary alicyclic amines) is 1. The van der Waals surface area contributed by atoms with Crippen LogP contribution in [0.4, 0.5) is 17.6 Å². The van der Waals surface area contributed by atoms with Gasteiger partial charge in [-0.15, -0.1) is 0 Å². The summed E-state index contributed by atoms with van der Waals surface area (Å²) in [6.45, 7) is 5.10. The number of ether oxygens (including phenoxy) is 2. The highest BCUT2D eigenvalue weighted by Gasteiger charge is 2.64. The highest BCUT2D eigenvalue weighted by atomic mass is 19.4. The Morgan fingerprint density at radius 1 is 1.05 bits per heavy atom. The van der Waals surface area contributed by atoms with E-state index in [0.29, 0.717) is 30.7 Å². The fourth-order valence-corrected chi connectivity index (χ4v) is 6.27. The van der Waals surface area contributed by atoms with E-state index in [9.17, 15) is 22.4 Å². The highest BCUT2D eigenvalue weighted by molar-refractivity contribution is 5.88. The predicted molar refractivity (Wildman–Crippen MR) is 132 cm³/mol. The van der Waals surface area contributed by atoms with E-state index >= 15 is 0 Å². The molecule has 37 heavy (non-hydrogen) atoms. The molecular formula is C28H34F4N2O3. The first-order valence-electron chi connectivity index (χ1n) is 12.5. The number of aryl methyl sites for hydroxylation is 2. The van der Waals surface area contributed by atoms with Gasteiger partial charge in [-0.3, -0.25) is 4.79 Å². The minimum absolute atomic E-state index is 0.0248. The van der Waals surface area contributed by atoms with Gasteiger partial charge >= 0.3 is 6.18 Å². The molecule has 2 aliphatic heterocycles. The summed E-state index contributed by atoms with van der Waals surface area (Å²) in [4.78, 5) is 15.0. The molecule has 2 atom stereocenters. The second-order valence-corrected chi connectivity index (χ2v) is 10.2. The van der Waals surface area contributed by atoms with Gasteiger partial charge in [0, 0.05) is 44.3 Å². The van der Waals surface area contributed by atoms with Crippen LogP contribution in [0.1, 0.15) is 47.4 Å². The molecule has 202 valence electrons. The van der Waals surface area contributed by atoms with Crippen LogP contribution in [0.3, 0.4) is 0 Å². The molecule has 4 rings (SSSR count). The van der Waals surface area contributed by atoms with Gasteiger partial charge < -0.3 is 19.7 Å². The van der Waals surface area contributed by atoms with Gasteiger partial charge in [-0.2, -0.15) is 13.2 Å². The van der Waals surface area contributed by atoms with E-state index in [4.69, 9.17) is 9.47 Å². The van der Waals surface area contributed by atoms with Crippen LogP contribution in [0.2, 0.25) is 0 Å². The minimum Gasteiger partial charge on any atom is -0.496 e. The van der Waals surface area contributed by atoms with Crippen LogP contribution in [0.5, 0.6) is 5.75 Å². The molecule has 9 heteroatoms. The molecule has 2 aromatic rings. The Kier molecular flexibility index (Phi) is 7.59. The molecule has 2 aromatic carbocycles. The molecule has 0 aromatic heterocycles. The largest absolute Gasteiger partial charge is 0.496 e. The van der Waals surface area contributed by atoms with E-state index in [2.05, 4.69) is 5.32 Å². The Hall–Kier alpha value is -2.65. The van der Waals surface area contributed by atoms with Crippen LogP contribution >= 0.6 is 0 Å². The summed E-state index contributed by atoms with van der Waals surface area (Å²) in [6.07, 6.45) is -3.11. The summed E-state index contributed by atoms with van der Waals surface area (Å²) in [5.74, 6) is -1.05. The Morgan fingerprint density at radius 2 is 1.76 bits per heavy atom. The summed E-state index contributed by atoms with van der Waals surface area (Å²) in [5.41, 5.74) is -1.50. The molecule has 2 heterocycles. The number of hydrogen-bond donors (Lipinski definition) is 1. The van der Waals surface area contributed by atoms with Gasteiger partial charge in [0.2, 0.25) is 0 Å². The monoisotopic (exact) mass is 522 g/mol. The fourth-order valence-electron chi connectivity index (χ4n) is 6.27. The van der Waals surface area contributed by atoms with Crippen molar-refractivity contribution in [1.82, 2.24) is 10.2 Å². The Morgan fingerprint density at radius 3 is 2.35 bits per heavy atom. The predicted octanol–water partition coefficient (Wildman–Crippen LogP) is 5.24. The van der Waals surface area contributed by atoms with Crippen molar-refractivity contribution in [2.24, 2.45) is 5.41 Å². The number of carbonyl (C=O) groups excluding carboxylic acids is 1. The van der Waals surface area contributed by atoms with Crippen molar-refractivity contribution in [2.75, 3.05) is 40.4 Å². The van der Waals surface area contributed by atoms with Crippen molar-refractivity contribution in [2.45, 2.75) is 50.8 Å². The third-order valence-electron chi connectivity index (χ3n) is 8.27. The first-order valence-corrected chi connectivity index (χ1v) is 12.5. The molecule has 0 aliphatic carbocycles. The Bertz CT molecular complexity index is 1140. The van der Waals surface area contributed by atoms with Gasteiger partial charge in [-0.05, 0) is 62.3 Å². The number of piperidine rings is 2. The third kappa shape index (κ3) is 4.72. The zero-order chi connectivity index (χ0) is 27.0. The average Bonchev–Trinajstić information content (AvgIpc) is 2.86. The average molecular weight is 523 g/mol. The number of carbonyl (C=O) groups is 1. The maximum absolute atomic E-state index is 14.7. The van der Waals surface area contributed by atoms with Gasteiger partial charge in [0.05, 0.1) is 7.11 Å². The van der Waals surface area contributed by atoms with Crippen LogP contribution in [0, 0.1) is 25.1 Å². The van der Waals surface area contributed by atoms with E-state index in [-0.39, 0.29) is 30.0 Å². The quantitative estimate of drug-likeness (QED) is 0.546. The van der Waals surface area contributed by atoms with Crippen molar-refractivity contribution in [3.05, 3.63) is 64.5 Å². The van der Waals surface area contributed by atoms with Crippen molar-refractivity contribution < 1.29 is 31.8 Å². The number of nitrogens with zero attached hydrogens (tertiary/aromatic N) is 1. The standard InChI is InChI=1S/C28H34F4N2O3/c1-18-5-8-22(19(2)15-18)27(37-4,28(30,31)32)25(35)34-13-10-26(11-14-34)9-12-33-17-23(26)21-7-6-20(29)16-24(21)36-3/h5-8,15-16,23,33H,9-14,17H2,1-4H3. The summed E-state index contributed by atoms with van der Waals surface area (Å²) in [6, 6.07) is 9.02. The lowest BCUT2D eigenvalue weighted by atomic mass is 9.62. The maximum atomic E-state index is 14.7. The van der Waals surface area contributed by atoms with Crippen molar-refractivity contribution in [3.63, 3.8) is 0 Å². The molecule has 1 amide bonds. The smallest absolute Gasteiger partial charge is 0.430 e. The zero-order valence-corrected chi connectivity index (χ0v) is 21.7. The topological polar surface area (TPSA) is 50.8 Å². The van der Waals surface area contributed by atoms with E-state index < -0.39 is 23.5 Å². The number of methoxy groups -OCH3 is 2. The molecule has 2 fully saturated rings. The molecule has 0 bridgehead atoms. The van der Waals surface area contributed by atoms with Crippen molar-refractivity contribution >= 4 is 5.91 Å². The van der Waals surface area contributed by atoms with Crippen LogP contribution in [0.15, 0.2) is 36.4 Å². The number of amides is 1. The van der Waals surface area contributed by atoms with E-state index in [1.54, 1.807) is 32.0 Å². The van der Waals surface area contributed by atoms with Gasteiger partial charge in [0.25, 0.3) is 11.5 Å². The maximum Gasteiger partial charge on any atom is 0.430 e. The molecule has 1 N–H and O–H groups in total. The van der Waals surface area contributed by atoms with Crippen LogP contribution in [-0.2, 0) is 15.1 Å². The van der Waals surface area contributed by atoms with Crippen molar-refractivity contribution in [3.8, 4) is 5.75 Å². The number of hydrogen-bond acceptors (Lipinski definition) is 4. The molecule has 5 nitrogen and oxygen atoms in total. The third-order valence-corrected chi connectivity index (χ3v) is 8.27. The van der Waals surface area contributed by atoms with Crippen LogP contribution in [0.25, 0.3) is 0 Å². The van der Waals surface area contributed by atoms with Gasteiger partial charge in [0.15, 0.2) is 0 Å². The first-order chi connectivity index (χ1) is 17.5. The first kappa shape index (κ1) is 27.4. The zero-order valence-electron chi connectivity index (χ0n) is 21.7. The number of halogens is 4. The summed E-state index contributed by atoms with van der Waals surface area (Å²) in [5, 5.41) is 3.39. The van der Waals surface area contributed by atoms with E-state index in [0.717, 1.165) is 31.2 Å². The summed E-state index contributed by atoms with van der Waals surface area (Å²) in [7, 11) is 2.44. The minimum atomic E-state index is -4.95. The lowest BCUT2D eigenvalue weighted by Crippen LogP contribution is -2.60. The molecule has 2 aliphatic rings. The van der Waals surface area contributed by atoms with Gasteiger partial charge in [-0.25, -0.2) is 4.39 Å². The fraction of sp³-hybridized carbons (Fsp3) is 0.536. The Balaban J connectivity index is 1.65. The number of rotatable bonds is 5. The van der Waals surface area contributed by atoms with Gasteiger partial charge in [0.1, 0.15) is 11.6 Å². The number of alkyl halides is 3. The van der Waals surface area contributed by atoms with Crippen LogP contribution in [-0.4, -0.2) is 57.4 Å². The van der Waals surface area contributed by atoms with E-state index in [1.807, 2.05) is 0 Å². The lowest BCUT2D eigenvalue weighted by Gasteiger charge is -2.51. The summed E-state index contributed by atoms with van der Waals surface area (Å²) >= 11 is 0. The number of benzene rings is 2. The molecule has 0 radical (unpaired) electrons. The normalized spacial score (nSPS) is 21.5. The SMILES string of the molecule is COc1cc(F)ccc1C1CNCCC12CCN(C(=O)C(OC)(c1ccc(C)cc1C)C(F)(F)F)CC2. The molecule has 2 saturated heterocycles. The van der Waals surface area contributed by atoms with Gasteiger partial charge in [-0.1, -0.05) is 29.8 Å². The Labute approximate surface area is 215 Å².